The van der Waals surface area contributed by atoms with E-state index in [4.69, 9.17) is 0 Å². The fourth-order valence-corrected chi connectivity index (χ4v) is 0. The van der Waals surface area contributed by atoms with Crippen molar-refractivity contribution in [1.29, 1.82) is 0 Å². The summed E-state index contributed by atoms with van der Waals surface area (Å²) < 4.78 is 0. The standard InChI is InChI=1S/F.Mn.Mo.Ni. The first-order valence-electron chi connectivity index (χ1n) is 0. The topological polar surface area (TPSA) is 0 Å². The van der Waals surface area contributed by atoms with Gasteiger partial charge in [-0.25, -0.2) is 0 Å². The molecule has 0 bridgehead atoms. The van der Waals surface area contributed by atoms with Crippen molar-refractivity contribution in [3.8, 4) is 0 Å². The Balaban J connectivity index is 0. The molecule has 0 aliphatic rings. The summed E-state index contributed by atoms with van der Waals surface area (Å²) in [6, 6.07) is 0. The van der Waals surface area contributed by atoms with E-state index in [0.717, 1.165) is 0 Å². The van der Waals surface area contributed by atoms with Crippen LogP contribution in [-0.4, -0.2) is 0 Å². The Kier molecular flexibility index (Phi) is 260. The van der Waals surface area contributed by atoms with Crippen LogP contribution >= 0.6 is 0 Å². The van der Waals surface area contributed by atoms with Gasteiger partial charge in [0.25, 0.3) is 0 Å². The van der Waals surface area contributed by atoms with Gasteiger partial charge in [0.2, 0.25) is 0 Å². The molecule has 0 fully saturated rings. The van der Waals surface area contributed by atoms with E-state index in [2.05, 4.69) is 0 Å². The molecule has 0 atom stereocenters. The van der Waals surface area contributed by atoms with Crippen LogP contribution in [-0.2, 0) is 54.6 Å². The van der Waals surface area contributed by atoms with Gasteiger partial charge in [-0.1, -0.05) is 0 Å². The van der Waals surface area contributed by atoms with E-state index in [1.807, 2.05) is 0 Å². The first-order valence-corrected chi connectivity index (χ1v) is 0. The molecule has 0 N–H and O–H groups in total. The van der Waals surface area contributed by atoms with Crippen LogP contribution in [0.1, 0.15) is 0 Å². The average molecular weight is 229 g/mol. The second kappa shape index (κ2) is 22.9. The molecule has 0 rings (SSSR count). The van der Waals surface area contributed by atoms with Crippen LogP contribution in [0, 0.1) is 0 Å². The summed E-state index contributed by atoms with van der Waals surface area (Å²) in [7, 11) is 0. The Bertz CT molecular complexity index is 8.00. The summed E-state index contributed by atoms with van der Waals surface area (Å²) in [4.78, 5) is 0. The number of hydrogen-bond acceptors (Lipinski definition) is 0. The SMILES string of the molecule is [F].[Mn].[Mo].[Ni]. The molecule has 0 aliphatic heterocycles. The van der Waals surface area contributed by atoms with Gasteiger partial charge in [-0.05, 0) is 0 Å². The molecule has 0 aliphatic carbocycles. The van der Waals surface area contributed by atoms with Gasteiger partial charge in [-0.2, -0.15) is 0 Å². The third-order valence-electron chi connectivity index (χ3n) is 0. The largest absolute Gasteiger partial charge is 0 e. The van der Waals surface area contributed by atoms with Gasteiger partial charge < -0.3 is 0 Å². The Morgan fingerprint density at radius 3 is 1.00 bits per heavy atom. The Morgan fingerprint density at radius 2 is 1.00 bits per heavy atom. The van der Waals surface area contributed by atoms with E-state index in [-0.39, 0.29) is 59.3 Å². The summed E-state index contributed by atoms with van der Waals surface area (Å²) in [5, 5.41) is 0. The third-order valence-corrected chi connectivity index (χ3v) is 0. The van der Waals surface area contributed by atoms with E-state index in [1.54, 1.807) is 0 Å². The predicted molar refractivity (Wildman–Crippen MR) is 1.11 cm³/mol. The second-order valence-corrected chi connectivity index (χ2v) is 0. The second-order valence-electron chi connectivity index (χ2n) is 0. The van der Waals surface area contributed by atoms with Gasteiger partial charge in [0.1, 0.15) is 0 Å². The quantitative estimate of drug-likeness (QED) is 0.527. The molecule has 0 heterocycles. The zero-order valence-electron chi connectivity index (χ0n) is 1.48. The molecule has 4 heteroatoms. The minimum Gasteiger partial charge on any atom is 0 e. The number of halogens is 1. The van der Waals surface area contributed by atoms with Crippen molar-refractivity contribution in [2.24, 2.45) is 0 Å². The molecule has 0 nitrogen and oxygen atoms in total. The first kappa shape index (κ1) is 45.4. The van der Waals surface area contributed by atoms with Crippen LogP contribution in [0.15, 0.2) is 0 Å². The van der Waals surface area contributed by atoms with Crippen LogP contribution in [0.4, 0.5) is 4.70 Å². The molecule has 0 unspecified atom stereocenters. The monoisotopic (exact) mass is 230 g/mol. The fraction of sp³-hybridized carbons (Fsp3) is 0. The van der Waals surface area contributed by atoms with Crippen molar-refractivity contribution in [2.75, 3.05) is 0 Å². The average Bonchev–Trinajstić information content (AvgIpc) is 0. The zero-order chi connectivity index (χ0) is 0. The summed E-state index contributed by atoms with van der Waals surface area (Å²) in [6.07, 6.45) is 0. The van der Waals surface area contributed by atoms with Crippen molar-refractivity contribution in [2.45, 2.75) is 0 Å². The Labute approximate surface area is 59.1 Å². The molecule has 0 spiro atoms. The van der Waals surface area contributed by atoms with Crippen LogP contribution in [0.2, 0.25) is 0 Å². The number of rotatable bonds is 0. The Morgan fingerprint density at radius 1 is 1.00 bits per heavy atom. The Hall–Kier alpha value is 1.63. The molecule has 2 radical (unpaired) electrons. The molecule has 0 aromatic heterocycles. The van der Waals surface area contributed by atoms with E-state index in [9.17, 15) is 0 Å². The molecule has 0 amide bonds. The van der Waals surface area contributed by atoms with Crippen molar-refractivity contribution in [3.05, 3.63) is 0 Å². The van der Waals surface area contributed by atoms with Gasteiger partial charge in [0, 0.05) is 59.3 Å². The van der Waals surface area contributed by atoms with Crippen molar-refractivity contribution >= 4 is 0 Å². The third kappa shape index (κ3) is 9.45. The molecule has 4 heavy (non-hydrogen) atoms. The molecule has 0 saturated heterocycles. The van der Waals surface area contributed by atoms with Gasteiger partial charge in [0.05, 0.1) is 0 Å². The minimum atomic E-state index is 0. The van der Waals surface area contributed by atoms with Crippen LogP contribution in [0.25, 0.3) is 0 Å². The first-order chi connectivity index (χ1) is 0. The summed E-state index contributed by atoms with van der Waals surface area (Å²) >= 11 is 0. The van der Waals surface area contributed by atoms with E-state index >= 15 is 0 Å². The van der Waals surface area contributed by atoms with Crippen molar-refractivity contribution < 1.29 is 59.3 Å². The molecule has 0 aromatic carbocycles. The van der Waals surface area contributed by atoms with E-state index in [1.165, 1.54) is 0 Å². The fourth-order valence-electron chi connectivity index (χ4n) is 0. The number of hydrogen-bond donors (Lipinski definition) is 0. The van der Waals surface area contributed by atoms with Crippen molar-refractivity contribution in [3.63, 3.8) is 0 Å². The molecule has 30 valence electrons. The maximum atomic E-state index is 0. The molecular formula is FMnMoNi. The zero-order valence-corrected chi connectivity index (χ0v) is 5.66. The van der Waals surface area contributed by atoms with E-state index < -0.39 is 0 Å². The predicted octanol–water partition coefficient (Wildman–Crippen LogP) is 0.413. The van der Waals surface area contributed by atoms with Gasteiger partial charge >= 0.3 is 0 Å². The van der Waals surface area contributed by atoms with Crippen LogP contribution < -0.4 is 0 Å². The molecule has 0 saturated carbocycles. The van der Waals surface area contributed by atoms with Crippen LogP contribution in [0.5, 0.6) is 0 Å². The minimum absolute atomic E-state index is 0. The summed E-state index contributed by atoms with van der Waals surface area (Å²) in [5.74, 6) is 0. The summed E-state index contributed by atoms with van der Waals surface area (Å²) in [6.45, 7) is 0. The normalized spacial score (nSPS) is 0. The van der Waals surface area contributed by atoms with Gasteiger partial charge in [0.15, 0.2) is 0 Å². The summed E-state index contributed by atoms with van der Waals surface area (Å²) in [5.41, 5.74) is 0. The van der Waals surface area contributed by atoms with Crippen LogP contribution in [0.3, 0.4) is 0 Å². The van der Waals surface area contributed by atoms with Gasteiger partial charge in [-0.15, -0.1) is 0 Å². The smallest absolute Gasteiger partial charge is 0 e. The van der Waals surface area contributed by atoms with Crippen molar-refractivity contribution in [1.82, 2.24) is 0 Å². The maximum Gasteiger partial charge on any atom is 0 e. The molecule has 0 aromatic rings. The maximum absolute atomic E-state index is 0. The van der Waals surface area contributed by atoms with E-state index in [0.29, 0.717) is 0 Å². The molecular weight excluding hydrogens is 229 g/mol. The van der Waals surface area contributed by atoms with Gasteiger partial charge in [-0.3, -0.25) is 0 Å².